The normalized spacial score (nSPS) is 12.1. The van der Waals surface area contributed by atoms with E-state index in [2.05, 4.69) is 5.10 Å². The standard InChI is InChI=1S/C10H18N2O/c1-8-7-9(2)12(11-8)6-5-10(3,4)13/h7,13H,5-6H2,1-4H3. The summed E-state index contributed by atoms with van der Waals surface area (Å²) in [5.74, 6) is 0. The molecule has 0 spiro atoms. The Morgan fingerprint density at radius 3 is 2.46 bits per heavy atom. The first-order chi connectivity index (χ1) is 5.88. The monoisotopic (exact) mass is 182 g/mol. The summed E-state index contributed by atoms with van der Waals surface area (Å²) in [6, 6.07) is 2.05. The Bertz CT molecular complexity index is 284. The highest BCUT2D eigenvalue weighted by molar-refractivity contribution is 5.06. The van der Waals surface area contributed by atoms with Crippen molar-refractivity contribution >= 4 is 0 Å². The van der Waals surface area contributed by atoms with Gasteiger partial charge in [0.05, 0.1) is 11.3 Å². The Morgan fingerprint density at radius 2 is 2.08 bits per heavy atom. The molecular formula is C10H18N2O. The Kier molecular flexibility index (Phi) is 2.76. The minimum atomic E-state index is -0.605. The first-order valence-corrected chi connectivity index (χ1v) is 4.62. The van der Waals surface area contributed by atoms with Crippen molar-refractivity contribution in [3.8, 4) is 0 Å². The molecule has 0 saturated carbocycles. The van der Waals surface area contributed by atoms with Gasteiger partial charge in [0.15, 0.2) is 0 Å². The van der Waals surface area contributed by atoms with Gasteiger partial charge >= 0.3 is 0 Å². The number of hydrogen-bond donors (Lipinski definition) is 1. The Labute approximate surface area is 79.4 Å². The molecule has 0 aliphatic carbocycles. The lowest BCUT2D eigenvalue weighted by atomic mass is 10.1. The predicted octanol–water partition coefficient (Wildman–Crippen LogP) is 1.66. The Hall–Kier alpha value is -0.830. The largest absolute Gasteiger partial charge is 0.390 e. The van der Waals surface area contributed by atoms with E-state index >= 15 is 0 Å². The van der Waals surface area contributed by atoms with Gasteiger partial charge in [0.2, 0.25) is 0 Å². The Morgan fingerprint density at radius 1 is 1.46 bits per heavy atom. The molecule has 0 bridgehead atoms. The molecule has 1 heterocycles. The fourth-order valence-corrected chi connectivity index (χ4v) is 1.28. The van der Waals surface area contributed by atoms with Crippen LogP contribution < -0.4 is 0 Å². The molecule has 0 aromatic carbocycles. The van der Waals surface area contributed by atoms with Crippen LogP contribution in [0.1, 0.15) is 31.7 Å². The Balaban J connectivity index is 2.59. The summed E-state index contributed by atoms with van der Waals surface area (Å²) in [5, 5.41) is 13.9. The third kappa shape index (κ3) is 3.19. The molecule has 0 fully saturated rings. The maximum atomic E-state index is 9.54. The number of aromatic nitrogens is 2. The number of rotatable bonds is 3. The quantitative estimate of drug-likeness (QED) is 0.772. The van der Waals surface area contributed by atoms with Gasteiger partial charge in [-0.25, -0.2) is 0 Å². The summed E-state index contributed by atoms with van der Waals surface area (Å²) < 4.78 is 1.94. The van der Waals surface area contributed by atoms with Crippen LogP contribution in [0.3, 0.4) is 0 Å². The molecule has 0 atom stereocenters. The summed E-state index contributed by atoms with van der Waals surface area (Å²) in [4.78, 5) is 0. The number of aliphatic hydroxyl groups is 1. The molecule has 1 aromatic rings. The summed E-state index contributed by atoms with van der Waals surface area (Å²) in [6.07, 6.45) is 0.731. The second-order valence-corrected chi connectivity index (χ2v) is 4.21. The fraction of sp³-hybridized carbons (Fsp3) is 0.700. The molecule has 0 radical (unpaired) electrons. The van der Waals surface area contributed by atoms with Gasteiger partial charge in [-0.2, -0.15) is 5.10 Å². The van der Waals surface area contributed by atoms with E-state index < -0.39 is 5.60 Å². The highest BCUT2D eigenvalue weighted by atomic mass is 16.3. The van der Waals surface area contributed by atoms with Gasteiger partial charge in [-0.1, -0.05) is 0 Å². The predicted molar refractivity (Wildman–Crippen MR) is 52.6 cm³/mol. The maximum Gasteiger partial charge on any atom is 0.0609 e. The SMILES string of the molecule is Cc1cc(C)n(CCC(C)(C)O)n1. The molecule has 0 aliphatic heterocycles. The zero-order chi connectivity index (χ0) is 10.1. The summed E-state index contributed by atoms with van der Waals surface area (Å²) >= 11 is 0. The minimum absolute atomic E-state index is 0.605. The highest BCUT2D eigenvalue weighted by Gasteiger charge is 2.13. The molecule has 1 N–H and O–H groups in total. The van der Waals surface area contributed by atoms with Gasteiger partial charge in [0, 0.05) is 12.2 Å². The van der Waals surface area contributed by atoms with Crippen LogP contribution in [0.15, 0.2) is 6.07 Å². The van der Waals surface area contributed by atoms with Crippen molar-refractivity contribution in [1.29, 1.82) is 0 Å². The van der Waals surface area contributed by atoms with Crippen LogP contribution in [0.2, 0.25) is 0 Å². The van der Waals surface area contributed by atoms with E-state index in [1.807, 2.05) is 38.4 Å². The molecule has 0 aliphatic rings. The topological polar surface area (TPSA) is 38.0 Å². The first kappa shape index (κ1) is 10.3. The zero-order valence-corrected chi connectivity index (χ0v) is 8.83. The second kappa shape index (κ2) is 3.50. The number of hydrogen-bond acceptors (Lipinski definition) is 2. The molecule has 0 unspecified atom stereocenters. The van der Waals surface area contributed by atoms with E-state index in [1.165, 1.54) is 0 Å². The lowest BCUT2D eigenvalue weighted by Crippen LogP contribution is -2.21. The van der Waals surface area contributed by atoms with Crippen molar-refractivity contribution in [3.63, 3.8) is 0 Å². The van der Waals surface area contributed by atoms with Crippen LogP contribution in [0.4, 0.5) is 0 Å². The average Bonchev–Trinajstić information content (AvgIpc) is 2.24. The van der Waals surface area contributed by atoms with Crippen LogP contribution in [-0.2, 0) is 6.54 Å². The summed E-state index contributed by atoms with van der Waals surface area (Å²) in [6.45, 7) is 8.43. The van der Waals surface area contributed by atoms with Crippen molar-refractivity contribution in [1.82, 2.24) is 9.78 Å². The molecular weight excluding hydrogens is 164 g/mol. The molecule has 13 heavy (non-hydrogen) atoms. The molecule has 0 amide bonds. The van der Waals surface area contributed by atoms with Gasteiger partial charge in [0.25, 0.3) is 0 Å². The number of nitrogens with zero attached hydrogens (tertiary/aromatic N) is 2. The summed E-state index contributed by atoms with van der Waals surface area (Å²) in [5.41, 5.74) is 1.58. The van der Waals surface area contributed by atoms with Crippen molar-refractivity contribution < 1.29 is 5.11 Å². The van der Waals surface area contributed by atoms with Crippen LogP contribution >= 0.6 is 0 Å². The van der Waals surface area contributed by atoms with Crippen molar-refractivity contribution in [3.05, 3.63) is 17.5 Å². The van der Waals surface area contributed by atoms with E-state index in [9.17, 15) is 5.11 Å². The van der Waals surface area contributed by atoms with Gasteiger partial charge in [0.1, 0.15) is 0 Å². The van der Waals surface area contributed by atoms with Crippen LogP contribution in [-0.4, -0.2) is 20.5 Å². The molecule has 74 valence electrons. The molecule has 3 nitrogen and oxygen atoms in total. The zero-order valence-electron chi connectivity index (χ0n) is 8.83. The maximum absolute atomic E-state index is 9.54. The van der Waals surface area contributed by atoms with Crippen molar-refractivity contribution in [2.75, 3.05) is 0 Å². The molecule has 3 heteroatoms. The molecule has 1 rings (SSSR count). The van der Waals surface area contributed by atoms with E-state index in [-0.39, 0.29) is 0 Å². The van der Waals surface area contributed by atoms with E-state index in [0.29, 0.717) is 0 Å². The van der Waals surface area contributed by atoms with Crippen LogP contribution in [0, 0.1) is 13.8 Å². The smallest absolute Gasteiger partial charge is 0.0609 e. The van der Waals surface area contributed by atoms with Crippen molar-refractivity contribution in [2.24, 2.45) is 0 Å². The molecule has 1 aromatic heterocycles. The fourth-order valence-electron chi connectivity index (χ4n) is 1.28. The number of aryl methyl sites for hydroxylation is 3. The third-order valence-electron chi connectivity index (χ3n) is 2.04. The average molecular weight is 182 g/mol. The van der Waals surface area contributed by atoms with Crippen LogP contribution in [0.25, 0.3) is 0 Å². The first-order valence-electron chi connectivity index (χ1n) is 4.62. The third-order valence-corrected chi connectivity index (χ3v) is 2.04. The lowest BCUT2D eigenvalue weighted by Gasteiger charge is -2.17. The van der Waals surface area contributed by atoms with Gasteiger partial charge in [-0.05, 0) is 40.2 Å². The van der Waals surface area contributed by atoms with Gasteiger partial charge in [-0.3, -0.25) is 4.68 Å². The van der Waals surface area contributed by atoms with E-state index in [1.54, 1.807) is 0 Å². The van der Waals surface area contributed by atoms with Gasteiger partial charge in [-0.15, -0.1) is 0 Å². The van der Waals surface area contributed by atoms with E-state index in [4.69, 9.17) is 0 Å². The highest BCUT2D eigenvalue weighted by Crippen LogP contribution is 2.10. The van der Waals surface area contributed by atoms with Crippen LogP contribution in [0.5, 0.6) is 0 Å². The van der Waals surface area contributed by atoms with E-state index in [0.717, 1.165) is 24.4 Å². The van der Waals surface area contributed by atoms with Crippen molar-refractivity contribution in [2.45, 2.75) is 46.3 Å². The minimum Gasteiger partial charge on any atom is -0.390 e. The lowest BCUT2D eigenvalue weighted by molar-refractivity contribution is 0.0649. The second-order valence-electron chi connectivity index (χ2n) is 4.21. The summed E-state index contributed by atoms with van der Waals surface area (Å²) in [7, 11) is 0. The van der Waals surface area contributed by atoms with Gasteiger partial charge < -0.3 is 5.11 Å². The molecule has 0 saturated heterocycles.